The van der Waals surface area contributed by atoms with Crippen LogP contribution in [0.25, 0.3) is 10.2 Å². The van der Waals surface area contributed by atoms with Crippen LogP contribution in [0.1, 0.15) is 6.04 Å². The highest BCUT2D eigenvalue weighted by Gasteiger charge is 2.32. The van der Waals surface area contributed by atoms with Gasteiger partial charge in [-0.05, 0) is 12.1 Å². The molecular weight excluding hydrogens is 302 g/mol. The molecule has 0 spiro atoms. The summed E-state index contributed by atoms with van der Waals surface area (Å²) < 4.78 is 11.8. The van der Waals surface area contributed by atoms with Crippen molar-refractivity contribution in [3.63, 3.8) is 0 Å². The molecule has 7 nitrogen and oxygen atoms in total. The lowest BCUT2D eigenvalue weighted by molar-refractivity contribution is 0.332. The van der Waals surface area contributed by atoms with E-state index in [0.29, 0.717) is 6.04 Å². The van der Waals surface area contributed by atoms with Crippen molar-refractivity contribution in [3.8, 4) is 11.5 Å². The summed E-state index contributed by atoms with van der Waals surface area (Å²) in [5, 5.41) is 9.34. The fraction of sp³-hybridized carbons (Fsp3) is 0.357. The maximum Gasteiger partial charge on any atom is 0.186 e. The van der Waals surface area contributed by atoms with Crippen molar-refractivity contribution in [2.75, 3.05) is 32.2 Å². The van der Waals surface area contributed by atoms with Gasteiger partial charge in [0.1, 0.15) is 27.8 Å². The second-order valence-electron chi connectivity index (χ2n) is 5.05. The Labute approximate surface area is 131 Å². The van der Waals surface area contributed by atoms with E-state index in [4.69, 9.17) is 14.5 Å². The zero-order valence-corrected chi connectivity index (χ0v) is 13.1. The molecule has 0 amide bonds. The summed E-state index contributed by atoms with van der Waals surface area (Å²) in [6.45, 7) is 1.72. The van der Waals surface area contributed by atoms with E-state index in [9.17, 15) is 0 Å². The molecular formula is C14H15N5O2S. The maximum absolute atomic E-state index is 5.42. The first-order chi connectivity index (χ1) is 10.8. The van der Waals surface area contributed by atoms with Gasteiger partial charge in [0.05, 0.1) is 26.6 Å². The molecule has 0 saturated carbocycles. The predicted molar refractivity (Wildman–Crippen MR) is 84.0 cm³/mol. The monoisotopic (exact) mass is 317 g/mol. The number of anilines is 1. The molecule has 1 aliphatic heterocycles. The van der Waals surface area contributed by atoms with Crippen LogP contribution in [0.3, 0.4) is 0 Å². The van der Waals surface area contributed by atoms with Crippen LogP contribution in [0.5, 0.6) is 11.5 Å². The Morgan fingerprint density at radius 1 is 1.09 bits per heavy atom. The molecule has 0 bridgehead atoms. The van der Waals surface area contributed by atoms with Gasteiger partial charge >= 0.3 is 0 Å². The van der Waals surface area contributed by atoms with E-state index in [2.05, 4.69) is 15.1 Å². The third-order valence-corrected chi connectivity index (χ3v) is 4.93. The molecule has 8 heteroatoms. The molecule has 3 aromatic rings. The molecule has 0 unspecified atom stereocenters. The van der Waals surface area contributed by atoms with E-state index in [1.807, 2.05) is 12.1 Å². The number of ether oxygens (including phenoxy) is 2. The van der Waals surface area contributed by atoms with Crippen LogP contribution in [-0.2, 0) is 0 Å². The quantitative estimate of drug-likeness (QED) is 0.733. The van der Waals surface area contributed by atoms with Crippen molar-refractivity contribution in [1.82, 2.24) is 20.0 Å². The van der Waals surface area contributed by atoms with Crippen LogP contribution in [0.15, 0.2) is 24.5 Å². The van der Waals surface area contributed by atoms with Crippen molar-refractivity contribution < 1.29 is 9.47 Å². The third kappa shape index (κ3) is 1.98. The van der Waals surface area contributed by atoms with E-state index in [1.165, 1.54) is 0 Å². The minimum Gasteiger partial charge on any atom is -0.495 e. The Balaban J connectivity index is 1.63. The Morgan fingerprint density at radius 2 is 1.77 bits per heavy atom. The van der Waals surface area contributed by atoms with Crippen LogP contribution >= 0.6 is 11.3 Å². The smallest absolute Gasteiger partial charge is 0.186 e. The Morgan fingerprint density at radius 3 is 2.45 bits per heavy atom. The molecule has 22 heavy (non-hydrogen) atoms. The lowest BCUT2D eigenvalue weighted by Crippen LogP contribution is -2.48. The summed E-state index contributed by atoms with van der Waals surface area (Å²) in [7, 11) is 3.33. The molecule has 3 heterocycles. The van der Waals surface area contributed by atoms with Crippen LogP contribution in [0, 0.1) is 0 Å². The van der Waals surface area contributed by atoms with E-state index in [1.54, 1.807) is 42.7 Å². The molecule has 2 aromatic heterocycles. The predicted octanol–water partition coefficient (Wildman–Crippen LogP) is 1.97. The van der Waals surface area contributed by atoms with Crippen molar-refractivity contribution in [2.24, 2.45) is 0 Å². The van der Waals surface area contributed by atoms with Gasteiger partial charge < -0.3 is 14.4 Å². The molecule has 1 aliphatic rings. The van der Waals surface area contributed by atoms with Gasteiger partial charge in [0, 0.05) is 13.1 Å². The number of rotatable bonds is 4. The highest BCUT2D eigenvalue weighted by molar-refractivity contribution is 7.22. The minimum atomic E-state index is 0.311. The first-order valence-electron chi connectivity index (χ1n) is 6.92. The van der Waals surface area contributed by atoms with E-state index in [-0.39, 0.29) is 0 Å². The maximum atomic E-state index is 5.42. The first kappa shape index (κ1) is 13.3. The lowest BCUT2D eigenvalue weighted by Gasteiger charge is -2.37. The topological polar surface area (TPSA) is 65.3 Å². The summed E-state index contributed by atoms with van der Waals surface area (Å²) >= 11 is 1.62. The van der Waals surface area contributed by atoms with Crippen LogP contribution in [0.4, 0.5) is 5.13 Å². The van der Waals surface area contributed by atoms with Gasteiger partial charge in [0.25, 0.3) is 0 Å². The summed E-state index contributed by atoms with van der Waals surface area (Å²) in [6, 6.07) is 4.11. The molecule has 1 saturated heterocycles. The van der Waals surface area contributed by atoms with Crippen molar-refractivity contribution in [3.05, 3.63) is 24.5 Å². The molecule has 1 aromatic carbocycles. The molecule has 0 radical (unpaired) electrons. The zero-order valence-electron chi connectivity index (χ0n) is 12.3. The van der Waals surface area contributed by atoms with Crippen LogP contribution in [0.2, 0.25) is 0 Å². The van der Waals surface area contributed by atoms with E-state index >= 15 is 0 Å². The first-order valence-corrected chi connectivity index (χ1v) is 7.74. The zero-order chi connectivity index (χ0) is 15.1. The van der Waals surface area contributed by atoms with Crippen LogP contribution in [-0.4, -0.2) is 47.3 Å². The molecule has 4 rings (SSSR count). The van der Waals surface area contributed by atoms with Gasteiger partial charge in [0.2, 0.25) is 0 Å². The largest absolute Gasteiger partial charge is 0.495 e. The Hall–Kier alpha value is -2.35. The van der Waals surface area contributed by atoms with E-state index in [0.717, 1.165) is 39.9 Å². The number of aromatic nitrogens is 4. The van der Waals surface area contributed by atoms with Gasteiger partial charge in [-0.1, -0.05) is 11.3 Å². The molecule has 0 aliphatic carbocycles. The second kappa shape index (κ2) is 5.13. The number of benzene rings is 1. The van der Waals surface area contributed by atoms with Gasteiger partial charge in [-0.15, -0.1) is 0 Å². The van der Waals surface area contributed by atoms with Crippen molar-refractivity contribution >= 4 is 26.7 Å². The summed E-state index contributed by atoms with van der Waals surface area (Å²) in [4.78, 5) is 8.69. The van der Waals surface area contributed by atoms with Crippen molar-refractivity contribution in [1.29, 1.82) is 0 Å². The fourth-order valence-electron chi connectivity index (χ4n) is 2.58. The Kier molecular flexibility index (Phi) is 3.11. The summed E-state index contributed by atoms with van der Waals surface area (Å²) in [5.74, 6) is 1.59. The minimum absolute atomic E-state index is 0.311. The summed E-state index contributed by atoms with van der Waals surface area (Å²) in [5.41, 5.74) is 0.850. The fourth-order valence-corrected chi connectivity index (χ4v) is 3.67. The summed E-state index contributed by atoms with van der Waals surface area (Å²) in [6.07, 6.45) is 3.41. The number of nitrogens with zero attached hydrogens (tertiary/aromatic N) is 5. The number of methoxy groups -OCH3 is 2. The Bertz CT molecular complexity index is 754. The average Bonchev–Trinajstić information content (AvgIpc) is 3.14. The number of thiazole rings is 1. The van der Waals surface area contributed by atoms with E-state index < -0.39 is 0 Å². The van der Waals surface area contributed by atoms with Gasteiger partial charge in [-0.3, -0.25) is 0 Å². The SMILES string of the molecule is COc1ccc(OC)c2sc(N3CC(n4nccn4)C3)nc12. The molecule has 0 atom stereocenters. The van der Waals surface area contributed by atoms with Crippen LogP contribution < -0.4 is 14.4 Å². The molecule has 0 N–H and O–H groups in total. The third-order valence-electron chi connectivity index (χ3n) is 3.79. The molecule has 1 fully saturated rings. The van der Waals surface area contributed by atoms with Gasteiger partial charge in [-0.2, -0.15) is 15.0 Å². The van der Waals surface area contributed by atoms with Crippen molar-refractivity contribution in [2.45, 2.75) is 6.04 Å². The number of fused-ring (bicyclic) bond motifs is 1. The number of hydrogen-bond acceptors (Lipinski definition) is 7. The average molecular weight is 317 g/mol. The normalized spacial score (nSPS) is 15.1. The molecule has 114 valence electrons. The van der Waals surface area contributed by atoms with Gasteiger partial charge in [-0.25, -0.2) is 4.98 Å². The standard InChI is InChI=1S/C14H15N5O2S/c1-20-10-3-4-11(21-2)13-12(10)17-14(22-13)18-7-9(8-18)19-15-5-6-16-19/h3-6,9H,7-8H2,1-2H3. The lowest BCUT2D eigenvalue weighted by atomic mass is 10.1. The number of hydrogen-bond donors (Lipinski definition) is 0. The second-order valence-corrected chi connectivity index (χ2v) is 6.03. The van der Waals surface area contributed by atoms with Gasteiger partial charge in [0.15, 0.2) is 5.13 Å². The highest BCUT2D eigenvalue weighted by atomic mass is 32.1. The highest BCUT2D eigenvalue weighted by Crippen LogP contribution is 2.41.